The summed E-state index contributed by atoms with van der Waals surface area (Å²) in [6.07, 6.45) is 0.698. The quantitative estimate of drug-likeness (QED) is 0.665. The molecule has 0 aromatic heterocycles. The number of guanidine groups is 1. The number of hydrogen-bond acceptors (Lipinski definition) is 4. The largest absolute Gasteiger partial charge is 0.370 e. The van der Waals surface area contributed by atoms with Crippen LogP contribution in [0.4, 0.5) is 10.1 Å². The molecule has 2 heterocycles. The average molecular weight is 336 g/mol. The van der Waals surface area contributed by atoms with Crippen molar-refractivity contribution in [1.29, 1.82) is 0 Å². The molecule has 132 valence electrons. The van der Waals surface area contributed by atoms with Gasteiger partial charge in [0.15, 0.2) is 11.7 Å². The second-order valence-electron chi connectivity index (χ2n) is 6.27. The molecule has 2 saturated heterocycles. The van der Waals surface area contributed by atoms with Gasteiger partial charge >= 0.3 is 0 Å². The van der Waals surface area contributed by atoms with E-state index in [1.165, 1.54) is 12.1 Å². The zero-order chi connectivity index (χ0) is 17.0. The smallest absolute Gasteiger partial charge is 0.191 e. The van der Waals surface area contributed by atoms with Gasteiger partial charge in [-0.1, -0.05) is 0 Å². The minimum Gasteiger partial charge on any atom is -0.370 e. The predicted molar refractivity (Wildman–Crippen MR) is 91.6 cm³/mol. The first kappa shape index (κ1) is 17.0. The third-order valence-electron chi connectivity index (χ3n) is 4.53. The Labute approximate surface area is 142 Å². The Balaban J connectivity index is 1.46. The van der Waals surface area contributed by atoms with Crippen LogP contribution in [0.3, 0.4) is 0 Å². The molecule has 7 heteroatoms. The van der Waals surface area contributed by atoms with Gasteiger partial charge in [-0.05, 0) is 31.2 Å². The summed E-state index contributed by atoms with van der Waals surface area (Å²) >= 11 is 0. The van der Waals surface area contributed by atoms with Crippen LogP contribution >= 0.6 is 0 Å². The Hall–Kier alpha value is -1.86. The van der Waals surface area contributed by atoms with Gasteiger partial charge in [0.2, 0.25) is 0 Å². The maximum Gasteiger partial charge on any atom is 0.191 e. The number of ether oxygens (including phenoxy) is 2. The van der Waals surface area contributed by atoms with Crippen LogP contribution in [-0.2, 0) is 9.47 Å². The molecular weight excluding hydrogens is 311 g/mol. The van der Waals surface area contributed by atoms with Crippen molar-refractivity contribution in [2.45, 2.75) is 19.1 Å². The topological polar surface area (TPSA) is 63.3 Å². The Kier molecular flexibility index (Phi) is 5.20. The molecule has 2 fully saturated rings. The van der Waals surface area contributed by atoms with E-state index in [0.717, 1.165) is 31.9 Å². The third kappa shape index (κ3) is 4.15. The highest BCUT2D eigenvalue weighted by Crippen LogP contribution is 2.22. The van der Waals surface area contributed by atoms with Gasteiger partial charge in [-0.15, -0.1) is 0 Å². The number of rotatable bonds is 4. The van der Waals surface area contributed by atoms with E-state index in [4.69, 9.17) is 15.2 Å². The molecule has 6 nitrogen and oxygen atoms in total. The first-order valence-electron chi connectivity index (χ1n) is 8.39. The molecule has 2 aliphatic heterocycles. The molecule has 0 bridgehead atoms. The number of halogens is 1. The molecule has 0 saturated carbocycles. The highest BCUT2D eigenvalue weighted by molar-refractivity contribution is 5.78. The maximum atomic E-state index is 13.0. The van der Waals surface area contributed by atoms with Gasteiger partial charge in [0.05, 0.1) is 13.2 Å². The van der Waals surface area contributed by atoms with E-state index in [0.29, 0.717) is 32.1 Å². The lowest BCUT2D eigenvalue weighted by molar-refractivity contribution is -0.144. The van der Waals surface area contributed by atoms with E-state index in [-0.39, 0.29) is 5.82 Å². The molecule has 2 N–H and O–H groups in total. The molecule has 0 atom stereocenters. The highest BCUT2D eigenvalue weighted by Gasteiger charge is 2.30. The van der Waals surface area contributed by atoms with Crippen LogP contribution in [0.1, 0.15) is 13.3 Å². The summed E-state index contributed by atoms with van der Waals surface area (Å²) in [6, 6.07) is 6.60. The summed E-state index contributed by atoms with van der Waals surface area (Å²) in [6.45, 7) is 7.08. The van der Waals surface area contributed by atoms with Crippen LogP contribution in [0, 0.1) is 5.82 Å². The summed E-state index contributed by atoms with van der Waals surface area (Å²) in [5.41, 5.74) is 7.14. The van der Waals surface area contributed by atoms with Crippen LogP contribution in [-0.4, -0.2) is 62.6 Å². The van der Waals surface area contributed by atoms with E-state index in [1.54, 1.807) is 0 Å². The number of hydrogen-bond donors (Lipinski definition) is 1. The summed E-state index contributed by atoms with van der Waals surface area (Å²) in [5, 5.41) is 0. The molecule has 1 aromatic rings. The number of nitrogens with two attached hydrogens (primary N) is 1. The fourth-order valence-electron chi connectivity index (χ4n) is 3.02. The van der Waals surface area contributed by atoms with Crippen LogP contribution in [0.5, 0.6) is 0 Å². The Morgan fingerprint density at radius 2 is 1.79 bits per heavy atom. The van der Waals surface area contributed by atoms with Crippen molar-refractivity contribution in [3.05, 3.63) is 30.1 Å². The Morgan fingerprint density at radius 3 is 2.42 bits per heavy atom. The van der Waals surface area contributed by atoms with E-state index in [2.05, 4.69) is 14.8 Å². The van der Waals surface area contributed by atoms with Crippen molar-refractivity contribution >= 4 is 11.6 Å². The number of aliphatic imine (C=N–C) groups is 1. The van der Waals surface area contributed by atoms with Gasteiger partial charge in [-0.2, -0.15) is 0 Å². The fraction of sp³-hybridized carbons (Fsp3) is 0.588. The monoisotopic (exact) mass is 336 g/mol. The molecule has 0 radical (unpaired) electrons. The summed E-state index contributed by atoms with van der Waals surface area (Å²) in [5.74, 6) is -0.168. The van der Waals surface area contributed by atoms with Gasteiger partial charge in [0, 0.05) is 44.8 Å². The van der Waals surface area contributed by atoms with Gasteiger partial charge in [0.1, 0.15) is 5.82 Å². The third-order valence-corrected chi connectivity index (χ3v) is 4.53. The van der Waals surface area contributed by atoms with Crippen LogP contribution in [0.25, 0.3) is 0 Å². The second-order valence-corrected chi connectivity index (χ2v) is 6.27. The van der Waals surface area contributed by atoms with E-state index in [9.17, 15) is 4.39 Å². The molecule has 1 aromatic carbocycles. The number of piperazine rings is 1. The van der Waals surface area contributed by atoms with Gasteiger partial charge in [-0.3, -0.25) is 4.99 Å². The molecule has 24 heavy (non-hydrogen) atoms. The zero-order valence-electron chi connectivity index (χ0n) is 14.1. The molecule has 3 rings (SSSR count). The Bertz CT molecular complexity index is 564. The lowest BCUT2D eigenvalue weighted by Gasteiger charge is -2.36. The average Bonchev–Trinajstić information content (AvgIpc) is 3.02. The molecule has 2 aliphatic rings. The Morgan fingerprint density at radius 1 is 1.17 bits per heavy atom. The molecule has 0 unspecified atom stereocenters. The number of nitrogens with zero attached hydrogens (tertiary/aromatic N) is 3. The van der Waals surface area contributed by atoms with Crippen LogP contribution in [0.2, 0.25) is 0 Å². The van der Waals surface area contributed by atoms with Crippen molar-refractivity contribution in [1.82, 2.24) is 4.90 Å². The zero-order valence-corrected chi connectivity index (χ0v) is 14.1. The van der Waals surface area contributed by atoms with Crippen molar-refractivity contribution < 1.29 is 13.9 Å². The van der Waals surface area contributed by atoms with Gasteiger partial charge in [0.25, 0.3) is 0 Å². The second kappa shape index (κ2) is 7.36. The van der Waals surface area contributed by atoms with Crippen LogP contribution in [0.15, 0.2) is 29.3 Å². The first-order valence-corrected chi connectivity index (χ1v) is 8.39. The summed E-state index contributed by atoms with van der Waals surface area (Å²) in [7, 11) is 0. The fourth-order valence-corrected chi connectivity index (χ4v) is 3.02. The summed E-state index contributed by atoms with van der Waals surface area (Å²) < 4.78 is 24.1. The van der Waals surface area contributed by atoms with Crippen molar-refractivity contribution in [3.63, 3.8) is 0 Å². The number of anilines is 1. The minimum absolute atomic E-state index is 0.210. The molecule has 0 aliphatic carbocycles. The lowest BCUT2D eigenvalue weighted by Crippen LogP contribution is -2.51. The standard InChI is InChI=1S/C17H25FN4O2/c1-17(23-12-13-24-17)6-7-20-16(19)22-10-8-21(9-11-22)15-4-2-14(18)3-5-15/h2-5H,6-13H2,1H3,(H2,19,20). The van der Waals surface area contributed by atoms with Crippen molar-refractivity contribution in [2.75, 3.05) is 50.8 Å². The van der Waals surface area contributed by atoms with Gasteiger partial charge in [-0.25, -0.2) is 4.39 Å². The minimum atomic E-state index is -0.523. The molecule has 0 amide bonds. The highest BCUT2D eigenvalue weighted by atomic mass is 19.1. The normalized spacial score (nSPS) is 21.3. The van der Waals surface area contributed by atoms with Crippen LogP contribution < -0.4 is 10.6 Å². The SMILES string of the molecule is CC1(CCN=C(N)N2CCN(c3ccc(F)cc3)CC2)OCCO1. The molecular formula is C17H25FN4O2. The summed E-state index contributed by atoms with van der Waals surface area (Å²) in [4.78, 5) is 8.77. The predicted octanol–water partition coefficient (Wildman–Crippen LogP) is 1.42. The van der Waals surface area contributed by atoms with Crippen molar-refractivity contribution in [2.24, 2.45) is 10.7 Å². The first-order chi connectivity index (χ1) is 11.6. The van der Waals surface area contributed by atoms with E-state index < -0.39 is 5.79 Å². The number of benzene rings is 1. The van der Waals surface area contributed by atoms with Crippen molar-refractivity contribution in [3.8, 4) is 0 Å². The van der Waals surface area contributed by atoms with Gasteiger partial charge < -0.3 is 25.0 Å². The lowest BCUT2D eigenvalue weighted by atomic mass is 10.2. The van der Waals surface area contributed by atoms with E-state index in [1.807, 2.05) is 19.1 Å². The van der Waals surface area contributed by atoms with E-state index >= 15 is 0 Å². The maximum absolute atomic E-state index is 13.0. The molecule has 0 spiro atoms.